The van der Waals surface area contributed by atoms with Gasteiger partial charge in [0.15, 0.2) is 11.6 Å². The second-order valence-electron chi connectivity index (χ2n) is 3.63. The second-order valence-corrected chi connectivity index (χ2v) is 4.49. The predicted molar refractivity (Wildman–Crippen MR) is 52.6 cm³/mol. The molecule has 1 aromatic rings. The molecule has 1 aliphatic carbocycles. The molecular formula is C10H7BrF2O2. The summed E-state index contributed by atoms with van der Waals surface area (Å²) in [5, 5.41) is 9.00. The van der Waals surface area contributed by atoms with Gasteiger partial charge in [-0.1, -0.05) is 15.9 Å². The Bertz CT molecular complexity index is 441. The van der Waals surface area contributed by atoms with Crippen molar-refractivity contribution in [2.45, 2.75) is 18.3 Å². The highest BCUT2D eigenvalue weighted by Crippen LogP contribution is 2.51. The maximum atomic E-state index is 13.0. The molecule has 80 valence electrons. The predicted octanol–water partition coefficient (Wildman–Crippen LogP) is 2.84. The Morgan fingerprint density at radius 2 is 1.87 bits per heavy atom. The zero-order valence-corrected chi connectivity index (χ0v) is 9.14. The Morgan fingerprint density at radius 3 is 2.33 bits per heavy atom. The summed E-state index contributed by atoms with van der Waals surface area (Å²) in [6.07, 6.45) is 0.929. The molecule has 0 saturated heterocycles. The quantitative estimate of drug-likeness (QED) is 0.844. The number of carbonyl (C=O) groups is 1. The minimum Gasteiger partial charge on any atom is -0.481 e. The fourth-order valence-corrected chi connectivity index (χ4v) is 2.31. The molecule has 0 spiro atoms. The van der Waals surface area contributed by atoms with E-state index >= 15 is 0 Å². The number of hydrogen-bond donors (Lipinski definition) is 1. The molecule has 0 aliphatic heterocycles. The fourth-order valence-electron chi connectivity index (χ4n) is 1.61. The van der Waals surface area contributed by atoms with Gasteiger partial charge in [-0.15, -0.1) is 0 Å². The normalized spacial score (nSPS) is 17.5. The molecule has 5 heteroatoms. The van der Waals surface area contributed by atoms with Crippen molar-refractivity contribution in [2.24, 2.45) is 0 Å². The van der Waals surface area contributed by atoms with Gasteiger partial charge in [-0.3, -0.25) is 4.79 Å². The van der Waals surface area contributed by atoms with Crippen LogP contribution in [0, 0.1) is 11.6 Å². The summed E-state index contributed by atoms with van der Waals surface area (Å²) in [6, 6.07) is 1.92. The van der Waals surface area contributed by atoms with E-state index in [-0.39, 0.29) is 0 Å². The van der Waals surface area contributed by atoms with Gasteiger partial charge in [-0.25, -0.2) is 8.78 Å². The van der Waals surface area contributed by atoms with Crippen LogP contribution in [0.1, 0.15) is 18.4 Å². The number of rotatable bonds is 2. The lowest BCUT2D eigenvalue weighted by Crippen LogP contribution is -2.20. The van der Waals surface area contributed by atoms with Gasteiger partial charge < -0.3 is 5.11 Å². The van der Waals surface area contributed by atoms with Crippen LogP contribution >= 0.6 is 15.9 Å². The molecule has 0 aromatic heterocycles. The van der Waals surface area contributed by atoms with Crippen molar-refractivity contribution in [1.82, 2.24) is 0 Å². The van der Waals surface area contributed by atoms with Crippen molar-refractivity contribution in [1.29, 1.82) is 0 Å². The SMILES string of the molecule is O=C(O)C1(c2cc(F)c(F)cc2Br)CC1. The average Bonchev–Trinajstić information content (AvgIpc) is 2.92. The monoisotopic (exact) mass is 276 g/mol. The van der Waals surface area contributed by atoms with Crippen LogP contribution in [-0.2, 0) is 10.2 Å². The third-order valence-electron chi connectivity index (χ3n) is 2.68. The van der Waals surface area contributed by atoms with Crippen LogP contribution in [0.5, 0.6) is 0 Å². The molecule has 0 atom stereocenters. The first-order valence-electron chi connectivity index (χ1n) is 4.36. The lowest BCUT2D eigenvalue weighted by molar-refractivity contribution is -0.140. The van der Waals surface area contributed by atoms with Crippen molar-refractivity contribution in [3.8, 4) is 0 Å². The van der Waals surface area contributed by atoms with Gasteiger partial charge in [0.1, 0.15) is 0 Å². The van der Waals surface area contributed by atoms with Gasteiger partial charge in [0, 0.05) is 4.47 Å². The first kappa shape index (κ1) is 10.5. The third kappa shape index (κ3) is 1.55. The summed E-state index contributed by atoms with van der Waals surface area (Å²) in [6.45, 7) is 0. The maximum absolute atomic E-state index is 13.0. The van der Waals surface area contributed by atoms with E-state index in [0.717, 1.165) is 12.1 Å². The molecule has 1 fully saturated rings. The molecule has 0 unspecified atom stereocenters. The molecule has 0 radical (unpaired) electrons. The average molecular weight is 277 g/mol. The Morgan fingerprint density at radius 1 is 1.33 bits per heavy atom. The summed E-state index contributed by atoms with van der Waals surface area (Å²) in [4.78, 5) is 11.0. The van der Waals surface area contributed by atoms with E-state index in [9.17, 15) is 13.6 Å². The van der Waals surface area contributed by atoms with Gasteiger partial charge in [-0.2, -0.15) is 0 Å². The Kier molecular flexibility index (Phi) is 2.30. The minimum atomic E-state index is -1.02. The van der Waals surface area contributed by atoms with Gasteiger partial charge in [0.25, 0.3) is 0 Å². The zero-order valence-electron chi connectivity index (χ0n) is 7.56. The highest BCUT2D eigenvalue weighted by Gasteiger charge is 2.53. The van der Waals surface area contributed by atoms with Crippen molar-refractivity contribution in [2.75, 3.05) is 0 Å². The van der Waals surface area contributed by atoms with Crippen LogP contribution in [0.25, 0.3) is 0 Å². The third-order valence-corrected chi connectivity index (χ3v) is 3.34. The van der Waals surface area contributed by atoms with E-state index in [2.05, 4.69) is 15.9 Å². The van der Waals surface area contributed by atoms with Crippen molar-refractivity contribution in [3.05, 3.63) is 33.8 Å². The molecule has 1 aromatic carbocycles. The fraction of sp³-hybridized carbons (Fsp3) is 0.300. The number of carboxylic acids is 1. The van der Waals surface area contributed by atoms with Gasteiger partial charge in [0.2, 0.25) is 0 Å². The zero-order chi connectivity index (χ0) is 11.2. The molecule has 2 nitrogen and oxygen atoms in total. The molecule has 0 amide bonds. The van der Waals surface area contributed by atoms with E-state index in [1.165, 1.54) is 0 Å². The van der Waals surface area contributed by atoms with Gasteiger partial charge in [-0.05, 0) is 30.5 Å². The van der Waals surface area contributed by atoms with Crippen molar-refractivity contribution < 1.29 is 18.7 Å². The number of aliphatic carboxylic acids is 1. The number of hydrogen-bond acceptors (Lipinski definition) is 1. The van der Waals surface area contributed by atoms with E-state index in [0.29, 0.717) is 22.9 Å². The lowest BCUT2D eigenvalue weighted by Gasteiger charge is -2.12. The van der Waals surface area contributed by atoms with Crippen LogP contribution in [0.3, 0.4) is 0 Å². The standard InChI is InChI=1S/C10H7BrF2O2/c11-6-4-8(13)7(12)3-5(6)10(1-2-10)9(14)15/h3-4H,1-2H2,(H,14,15). The summed E-state index contributed by atoms with van der Waals surface area (Å²) in [5.74, 6) is -2.98. The van der Waals surface area contributed by atoms with Crippen LogP contribution in [0.2, 0.25) is 0 Å². The van der Waals surface area contributed by atoms with Gasteiger partial charge in [0.05, 0.1) is 5.41 Å². The topological polar surface area (TPSA) is 37.3 Å². The van der Waals surface area contributed by atoms with Crippen molar-refractivity contribution in [3.63, 3.8) is 0 Å². The molecule has 2 rings (SSSR count). The first-order chi connectivity index (χ1) is 6.97. The molecule has 0 heterocycles. The van der Waals surface area contributed by atoms with E-state index in [1.807, 2.05) is 0 Å². The molecule has 1 aliphatic rings. The van der Waals surface area contributed by atoms with E-state index in [4.69, 9.17) is 5.11 Å². The molecule has 1 N–H and O–H groups in total. The highest BCUT2D eigenvalue weighted by molar-refractivity contribution is 9.10. The molecular weight excluding hydrogens is 270 g/mol. The maximum Gasteiger partial charge on any atom is 0.314 e. The number of benzene rings is 1. The first-order valence-corrected chi connectivity index (χ1v) is 5.15. The number of halogens is 3. The lowest BCUT2D eigenvalue weighted by atomic mass is 9.96. The summed E-state index contributed by atoms with van der Waals surface area (Å²) < 4.78 is 26.1. The molecule has 15 heavy (non-hydrogen) atoms. The molecule has 0 bridgehead atoms. The summed E-state index contributed by atoms with van der Waals surface area (Å²) in [7, 11) is 0. The summed E-state index contributed by atoms with van der Waals surface area (Å²) in [5.41, 5.74) is -0.707. The molecule has 1 saturated carbocycles. The Hall–Kier alpha value is -0.970. The van der Waals surface area contributed by atoms with Crippen LogP contribution in [-0.4, -0.2) is 11.1 Å². The van der Waals surface area contributed by atoms with Crippen LogP contribution in [0.15, 0.2) is 16.6 Å². The van der Waals surface area contributed by atoms with Gasteiger partial charge >= 0.3 is 5.97 Å². The minimum absolute atomic E-state index is 0.307. The Balaban J connectivity index is 2.54. The largest absolute Gasteiger partial charge is 0.481 e. The van der Waals surface area contributed by atoms with E-state index < -0.39 is 23.0 Å². The second kappa shape index (κ2) is 3.27. The van der Waals surface area contributed by atoms with E-state index in [1.54, 1.807) is 0 Å². The van der Waals surface area contributed by atoms with Crippen LogP contribution in [0.4, 0.5) is 8.78 Å². The smallest absolute Gasteiger partial charge is 0.314 e. The Labute approximate surface area is 93.0 Å². The van der Waals surface area contributed by atoms with Crippen LogP contribution < -0.4 is 0 Å². The summed E-state index contributed by atoms with van der Waals surface area (Å²) >= 11 is 3.06. The number of carboxylic acid groups (broad SMARTS) is 1. The van der Waals surface area contributed by atoms with Crippen molar-refractivity contribution >= 4 is 21.9 Å². The highest BCUT2D eigenvalue weighted by atomic mass is 79.9.